The number of hydrogen-bond donors (Lipinski definition) is 2. The van der Waals surface area contributed by atoms with Crippen LogP contribution in [0.15, 0.2) is 26.7 Å². The van der Waals surface area contributed by atoms with E-state index in [0.29, 0.717) is 17.3 Å². The average Bonchev–Trinajstić information content (AvgIpc) is 3.00. The van der Waals surface area contributed by atoms with Gasteiger partial charge in [-0.15, -0.1) is 35.3 Å². The van der Waals surface area contributed by atoms with Crippen LogP contribution in [0.5, 0.6) is 0 Å². The molecule has 2 N–H and O–H groups in total. The van der Waals surface area contributed by atoms with Gasteiger partial charge in [0.15, 0.2) is 5.96 Å². The van der Waals surface area contributed by atoms with Crippen LogP contribution in [0.3, 0.4) is 0 Å². The van der Waals surface area contributed by atoms with E-state index in [-0.39, 0.29) is 24.0 Å². The highest BCUT2D eigenvalue weighted by Crippen LogP contribution is 2.14. The molecule has 128 valence electrons. The largest absolute Gasteiger partial charge is 0.355 e. The van der Waals surface area contributed by atoms with Crippen LogP contribution in [0.25, 0.3) is 0 Å². The van der Waals surface area contributed by atoms with E-state index in [0.717, 1.165) is 25.3 Å². The molecule has 0 aliphatic rings. The molecule has 0 spiro atoms. The van der Waals surface area contributed by atoms with Gasteiger partial charge in [-0.3, -0.25) is 4.99 Å². The molecule has 22 heavy (non-hydrogen) atoms. The fourth-order valence-electron chi connectivity index (χ4n) is 1.73. The van der Waals surface area contributed by atoms with Gasteiger partial charge in [-0.1, -0.05) is 19.4 Å². The normalized spacial score (nSPS) is 11.9. The molecule has 0 bridgehead atoms. The molecule has 0 aromatic carbocycles. The minimum absolute atomic E-state index is 0. The summed E-state index contributed by atoms with van der Waals surface area (Å²) in [5.41, 5.74) is 0. The van der Waals surface area contributed by atoms with Crippen LogP contribution < -0.4 is 10.0 Å². The number of nitrogens with zero attached hydrogens (tertiary/aromatic N) is 2. The first-order valence-electron chi connectivity index (χ1n) is 6.96. The first-order valence-corrected chi connectivity index (χ1v) is 9.32. The smallest absolute Gasteiger partial charge is 0.250 e. The molecule has 1 heterocycles. The molecule has 1 rings (SSSR count). The van der Waals surface area contributed by atoms with Crippen molar-refractivity contribution >= 4 is 51.3 Å². The van der Waals surface area contributed by atoms with E-state index in [1.807, 2.05) is 11.9 Å². The molecule has 0 saturated heterocycles. The van der Waals surface area contributed by atoms with Gasteiger partial charge >= 0.3 is 0 Å². The first kappa shape index (κ1) is 21.6. The summed E-state index contributed by atoms with van der Waals surface area (Å²) < 4.78 is 26.7. The number of aliphatic imine (C=N–C) groups is 1. The molecule has 0 amide bonds. The summed E-state index contributed by atoms with van der Waals surface area (Å²) in [5.74, 6) is 0.777. The Labute approximate surface area is 154 Å². The zero-order valence-corrected chi connectivity index (χ0v) is 17.2. The van der Waals surface area contributed by atoms with Gasteiger partial charge in [-0.05, 0) is 17.9 Å². The number of thiophene rings is 1. The van der Waals surface area contributed by atoms with Crippen molar-refractivity contribution in [3.63, 3.8) is 0 Å². The Morgan fingerprint density at radius 1 is 1.41 bits per heavy atom. The number of guanidine groups is 1. The molecule has 0 aliphatic heterocycles. The van der Waals surface area contributed by atoms with Gasteiger partial charge in [-0.2, -0.15) is 0 Å². The molecular formula is C13H25IN4O2S2. The van der Waals surface area contributed by atoms with Gasteiger partial charge in [0.05, 0.1) is 0 Å². The summed E-state index contributed by atoms with van der Waals surface area (Å²) >= 11 is 1.21. The maximum atomic E-state index is 11.9. The standard InChI is InChI=1S/C13H24N4O2S2.HI/c1-4-5-10-17(3)13(14-2)15-8-9-16-21(18,19)12-7-6-11-20-12;/h6-7,11,16H,4-5,8-10H2,1-3H3,(H,14,15);1H. The summed E-state index contributed by atoms with van der Waals surface area (Å²) in [6.45, 7) is 3.88. The summed E-state index contributed by atoms with van der Waals surface area (Å²) in [5, 5.41) is 4.90. The van der Waals surface area contributed by atoms with Crippen molar-refractivity contribution in [1.82, 2.24) is 14.9 Å². The van der Waals surface area contributed by atoms with Crippen LogP contribution >= 0.6 is 35.3 Å². The number of hydrogen-bond acceptors (Lipinski definition) is 4. The molecular weight excluding hydrogens is 435 g/mol. The Balaban J connectivity index is 0.00000441. The fourth-order valence-corrected chi connectivity index (χ4v) is 3.80. The predicted octanol–water partition coefficient (Wildman–Crippen LogP) is 1.95. The van der Waals surface area contributed by atoms with Crippen molar-refractivity contribution in [2.45, 2.75) is 24.0 Å². The second kappa shape index (κ2) is 11.2. The summed E-state index contributed by atoms with van der Waals surface area (Å²) in [6, 6.07) is 3.32. The van der Waals surface area contributed by atoms with Crippen molar-refractivity contribution in [3.8, 4) is 0 Å². The van der Waals surface area contributed by atoms with Crippen molar-refractivity contribution in [2.24, 2.45) is 4.99 Å². The molecule has 6 nitrogen and oxygen atoms in total. The lowest BCUT2D eigenvalue weighted by Crippen LogP contribution is -2.42. The van der Waals surface area contributed by atoms with E-state index >= 15 is 0 Å². The highest BCUT2D eigenvalue weighted by Gasteiger charge is 2.14. The first-order chi connectivity index (χ1) is 10.0. The summed E-state index contributed by atoms with van der Waals surface area (Å²) in [4.78, 5) is 6.22. The molecule has 1 aromatic rings. The number of unbranched alkanes of at least 4 members (excludes halogenated alkanes) is 1. The lowest BCUT2D eigenvalue weighted by atomic mass is 10.3. The monoisotopic (exact) mass is 460 g/mol. The second-order valence-corrected chi connectivity index (χ2v) is 7.52. The molecule has 0 radical (unpaired) electrons. The van der Waals surface area contributed by atoms with Crippen LogP contribution in [0, 0.1) is 0 Å². The molecule has 0 aliphatic carbocycles. The molecule has 0 unspecified atom stereocenters. The van der Waals surface area contributed by atoms with Gasteiger partial charge in [0.25, 0.3) is 0 Å². The lowest BCUT2D eigenvalue weighted by molar-refractivity contribution is 0.465. The van der Waals surface area contributed by atoms with Crippen LogP contribution in [0.2, 0.25) is 0 Å². The Morgan fingerprint density at radius 2 is 2.14 bits per heavy atom. The highest BCUT2D eigenvalue weighted by atomic mass is 127. The lowest BCUT2D eigenvalue weighted by Gasteiger charge is -2.21. The fraction of sp³-hybridized carbons (Fsp3) is 0.615. The van der Waals surface area contributed by atoms with Crippen LogP contribution in [-0.4, -0.2) is 53.0 Å². The van der Waals surface area contributed by atoms with Gasteiger partial charge in [0.2, 0.25) is 10.0 Å². The second-order valence-electron chi connectivity index (χ2n) is 4.58. The maximum absolute atomic E-state index is 11.9. The third-order valence-electron chi connectivity index (χ3n) is 2.88. The predicted molar refractivity (Wildman–Crippen MR) is 104 cm³/mol. The molecule has 1 aromatic heterocycles. The van der Waals surface area contributed by atoms with E-state index in [4.69, 9.17) is 0 Å². The topological polar surface area (TPSA) is 73.8 Å². The molecule has 0 atom stereocenters. The minimum Gasteiger partial charge on any atom is -0.355 e. The van der Waals surface area contributed by atoms with Gasteiger partial charge in [-0.25, -0.2) is 13.1 Å². The van der Waals surface area contributed by atoms with Gasteiger partial charge < -0.3 is 10.2 Å². The van der Waals surface area contributed by atoms with Crippen molar-refractivity contribution in [1.29, 1.82) is 0 Å². The van der Waals surface area contributed by atoms with Crippen LogP contribution in [-0.2, 0) is 10.0 Å². The van der Waals surface area contributed by atoms with Crippen molar-refractivity contribution in [2.75, 3.05) is 33.7 Å². The van der Waals surface area contributed by atoms with Crippen molar-refractivity contribution in [3.05, 3.63) is 17.5 Å². The maximum Gasteiger partial charge on any atom is 0.250 e. The number of nitrogens with one attached hydrogen (secondary N) is 2. The van der Waals surface area contributed by atoms with E-state index in [2.05, 4.69) is 22.0 Å². The number of sulfonamides is 1. The average molecular weight is 460 g/mol. The Morgan fingerprint density at radius 3 is 2.68 bits per heavy atom. The Bertz CT molecular complexity index is 532. The van der Waals surface area contributed by atoms with Crippen molar-refractivity contribution < 1.29 is 8.42 Å². The Kier molecular flexibility index (Phi) is 11.0. The summed E-state index contributed by atoms with van der Waals surface area (Å²) in [6.07, 6.45) is 2.23. The SMILES string of the molecule is CCCCN(C)C(=NC)NCCNS(=O)(=O)c1cccs1.I. The van der Waals surface area contributed by atoms with Crippen LogP contribution in [0.4, 0.5) is 0 Å². The highest BCUT2D eigenvalue weighted by molar-refractivity contribution is 14.0. The third kappa shape index (κ3) is 7.25. The molecule has 0 fully saturated rings. The van der Waals surface area contributed by atoms with E-state index in [1.54, 1.807) is 24.6 Å². The zero-order valence-electron chi connectivity index (χ0n) is 13.2. The number of halogens is 1. The van der Waals surface area contributed by atoms with E-state index in [1.165, 1.54) is 11.3 Å². The van der Waals surface area contributed by atoms with Crippen LogP contribution in [0.1, 0.15) is 19.8 Å². The van der Waals surface area contributed by atoms with E-state index < -0.39 is 10.0 Å². The van der Waals surface area contributed by atoms with E-state index in [9.17, 15) is 8.42 Å². The zero-order chi connectivity index (χ0) is 15.7. The molecule has 0 saturated carbocycles. The summed E-state index contributed by atoms with van der Waals surface area (Å²) in [7, 11) is 0.315. The minimum atomic E-state index is -3.38. The van der Waals surface area contributed by atoms with Gasteiger partial charge in [0, 0.05) is 33.7 Å². The third-order valence-corrected chi connectivity index (χ3v) is 5.74. The quantitative estimate of drug-likeness (QED) is 0.269. The Hall–Kier alpha value is -0.390. The molecule has 9 heteroatoms. The van der Waals surface area contributed by atoms with Gasteiger partial charge in [0.1, 0.15) is 4.21 Å². The number of rotatable bonds is 8.